The van der Waals surface area contributed by atoms with Gasteiger partial charge in [0.1, 0.15) is 5.82 Å². The molecule has 0 radical (unpaired) electrons. The summed E-state index contributed by atoms with van der Waals surface area (Å²) in [7, 11) is 0. The van der Waals surface area contributed by atoms with Crippen LogP contribution in [0.1, 0.15) is 25.0 Å². The third kappa shape index (κ3) is 5.64. The van der Waals surface area contributed by atoms with Crippen molar-refractivity contribution in [3.63, 3.8) is 0 Å². The second-order valence-electron chi connectivity index (χ2n) is 5.79. The number of carbonyl (C=O) groups excluding carboxylic acids is 1. The predicted octanol–water partition coefficient (Wildman–Crippen LogP) is 5.44. The number of halogens is 2. The number of amides is 1. The van der Waals surface area contributed by atoms with E-state index in [0.717, 1.165) is 12.0 Å². The summed E-state index contributed by atoms with van der Waals surface area (Å²) in [4.78, 5) is 11.9. The fourth-order valence-corrected chi connectivity index (χ4v) is 2.51. The van der Waals surface area contributed by atoms with Gasteiger partial charge in [0, 0.05) is 10.5 Å². The largest absolute Gasteiger partial charge is 0.320 e. The molecule has 0 aliphatic heterocycles. The van der Waals surface area contributed by atoms with E-state index in [1.54, 1.807) is 12.1 Å². The van der Waals surface area contributed by atoms with Crippen LogP contribution in [0, 0.1) is 11.7 Å². The van der Waals surface area contributed by atoms with Gasteiger partial charge in [0.15, 0.2) is 0 Å². The number of carbonyl (C=O) groups is 1. The molecule has 0 aliphatic carbocycles. The predicted molar refractivity (Wildman–Crippen MR) is 96.7 cm³/mol. The molecular formula is C19H19BrFNO. The van der Waals surface area contributed by atoms with Crippen molar-refractivity contribution in [1.82, 2.24) is 0 Å². The molecule has 0 heterocycles. The number of nitrogens with one attached hydrogen (secondary N) is 1. The first-order chi connectivity index (χ1) is 10.9. The molecule has 0 atom stereocenters. The maximum atomic E-state index is 13.7. The molecule has 1 N–H and O–H groups in total. The highest BCUT2D eigenvalue weighted by molar-refractivity contribution is 9.10. The minimum absolute atomic E-state index is 0.162. The Morgan fingerprint density at radius 3 is 2.52 bits per heavy atom. The summed E-state index contributed by atoms with van der Waals surface area (Å²) in [5.74, 6) is -0.223. The Morgan fingerprint density at radius 2 is 1.91 bits per heavy atom. The van der Waals surface area contributed by atoms with Gasteiger partial charge in [-0.25, -0.2) is 4.39 Å². The molecule has 2 rings (SSSR count). The maximum absolute atomic E-state index is 13.7. The highest BCUT2D eigenvalue weighted by Gasteiger charge is 2.05. The molecular weight excluding hydrogens is 357 g/mol. The smallest absolute Gasteiger partial charge is 0.248 e. The molecule has 0 saturated heterocycles. The zero-order valence-electron chi connectivity index (χ0n) is 13.1. The van der Waals surface area contributed by atoms with Crippen LogP contribution in [-0.2, 0) is 11.2 Å². The zero-order valence-corrected chi connectivity index (χ0v) is 14.7. The molecule has 0 bridgehead atoms. The van der Waals surface area contributed by atoms with Crippen LogP contribution in [0.4, 0.5) is 10.1 Å². The molecule has 23 heavy (non-hydrogen) atoms. The van der Waals surface area contributed by atoms with Crippen LogP contribution in [0.15, 0.2) is 53.0 Å². The highest BCUT2D eigenvalue weighted by atomic mass is 79.9. The van der Waals surface area contributed by atoms with Crippen LogP contribution in [0.5, 0.6) is 0 Å². The van der Waals surface area contributed by atoms with Gasteiger partial charge in [-0.15, -0.1) is 0 Å². The van der Waals surface area contributed by atoms with E-state index in [1.165, 1.54) is 23.8 Å². The van der Waals surface area contributed by atoms with Gasteiger partial charge in [0.2, 0.25) is 5.91 Å². The molecule has 0 fully saturated rings. The third-order valence-corrected chi connectivity index (χ3v) is 3.73. The molecule has 2 aromatic rings. The first kappa shape index (κ1) is 17.4. The van der Waals surface area contributed by atoms with Crippen LogP contribution >= 0.6 is 15.9 Å². The summed E-state index contributed by atoms with van der Waals surface area (Å²) < 4.78 is 14.3. The number of rotatable bonds is 5. The van der Waals surface area contributed by atoms with Crippen molar-refractivity contribution in [2.24, 2.45) is 5.92 Å². The Bertz CT molecular complexity index is 708. The SMILES string of the molecule is CC(C)Cc1ccc(C=CC(=O)Nc2ccc(Br)cc2F)cc1. The summed E-state index contributed by atoms with van der Waals surface area (Å²) in [6.07, 6.45) is 4.15. The first-order valence-corrected chi connectivity index (χ1v) is 8.26. The van der Waals surface area contributed by atoms with Crippen molar-refractivity contribution in [2.45, 2.75) is 20.3 Å². The average molecular weight is 376 g/mol. The fraction of sp³-hybridized carbons (Fsp3) is 0.211. The zero-order chi connectivity index (χ0) is 16.8. The summed E-state index contributed by atoms with van der Waals surface area (Å²) in [5, 5.41) is 2.52. The van der Waals surface area contributed by atoms with E-state index in [2.05, 4.69) is 47.2 Å². The van der Waals surface area contributed by atoms with Gasteiger partial charge in [-0.05, 0) is 47.7 Å². The summed E-state index contributed by atoms with van der Waals surface area (Å²) in [5.41, 5.74) is 2.37. The lowest BCUT2D eigenvalue weighted by Crippen LogP contribution is -2.09. The van der Waals surface area contributed by atoms with E-state index < -0.39 is 5.82 Å². The molecule has 2 aromatic carbocycles. The molecule has 4 heteroatoms. The Kier molecular flexibility index (Phi) is 6.11. The average Bonchev–Trinajstić information content (AvgIpc) is 2.49. The van der Waals surface area contributed by atoms with Crippen LogP contribution < -0.4 is 5.32 Å². The first-order valence-electron chi connectivity index (χ1n) is 7.47. The Hall–Kier alpha value is -1.94. The van der Waals surface area contributed by atoms with Gasteiger partial charge in [0.25, 0.3) is 0 Å². The molecule has 0 spiro atoms. The quantitative estimate of drug-likeness (QED) is 0.692. The van der Waals surface area contributed by atoms with Gasteiger partial charge < -0.3 is 5.32 Å². The van der Waals surface area contributed by atoms with Crippen molar-refractivity contribution in [3.05, 3.63) is 70.0 Å². The second kappa shape index (κ2) is 8.06. The van der Waals surface area contributed by atoms with Gasteiger partial charge in [-0.1, -0.05) is 54.0 Å². The fourth-order valence-electron chi connectivity index (χ4n) is 2.17. The summed E-state index contributed by atoms with van der Waals surface area (Å²) in [6.45, 7) is 4.36. The maximum Gasteiger partial charge on any atom is 0.248 e. The van der Waals surface area contributed by atoms with E-state index in [-0.39, 0.29) is 11.6 Å². The molecule has 0 aromatic heterocycles. The van der Waals surface area contributed by atoms with E-state index in [4.69, 9.17) is 0 Å². The van der Waals surface area contributed by atoms with Crippen molar-refractivity contribution >= 4 is 33.6 Å². The minimum Gasteiger partial charge on any atom is -0.320 e. The van der Waals surface area contributed by atoms with Gasteiger partial charge in [0.05, 0.1) is 5.69 Å². The lowest BCUT2D eigenvalue weighted by atomic mass is 10.0. The summed E-state index contributed by atoms with van der Waals surface area (Å²) in [6, 6.07) is 12.6. The lowest BCUT2D eigenvalue weighted by molar-refractivity contribution is -0.111. The van der Waals surface area contributed by atoms with E-state index in [0.29, 0.717) is 10.4 Å². The van der Waals surface area contributed by atoms with Crippen LogP contribution in [0.25, 0.3) is 6.08 Å². The molecule has 1 amide bonds. The van der Waals surface area contributed by atoms with E-state index in [9.17, 15) is 9.18 Å². The minimum atomic E-state index is -0.473. The summed E-state index contributed by atoms with van der Waals surface area (Å²) >= 11 is 3.18. The van der Waals surface area contributed by atoms with Crippen molar-refractivity contribution in [1.29, 1.82) is 0 Å². The number of benzene rings is 2. The molecule has 0 saturated carbocycles. The standard InChI is InChI=1S/C19H19BrFNO/c1-13(2)11-15-5-3-14(4-6-15)7-10-19(23)22-18-9-8-16(20)12-17(18)21/h3-10,12-13H,11H2,1-2H3,(H,22,23). The Labute approximate surface area is 144 Å². The van der Waals surface area contributed by atoms with Gasteiger partial charge >= 0.3 is 0 Å². The number of anilines is 1. The lowest BCUT2D eigenvalue weighted by Gasteiger charge is -2.05. The van der Waals surface area contributed by atoms with Crippen molar-refractivity contribution in [3.8, 4) is 0 Å². The van der Waals surface area contributed by atoms with Crippen LogP contribution in [0.3, 0.4) is 0 Å². The topological polar surface area (TPSA) is 29.1 Å². The van der Waals surface area contributed by atoms with Crippen molar-refractivity contribution in [2.75, 3.05) is 5.32 Å². The third-order valence-electron chi connectivity index (χ3n) is 3.24. The van der Waals surface area contributed by atoms with Gasteiger partial charge in [-0.3, -0.25) is 4.79 Å². The van der Waals surface area contributed by atoms with Crippen LogP contribution in [-0.4, -0.2) is 5.91 Å². The Morgan fingerprint density at radius 1 is 1.22 bits per heavy atom. The number of hydrogen-bond donors (Lipinski definition) is 1. The molecule has 120 valence electrons. The number of hydrogen-bond acceptors (Lipinski definition) is 1. The second-order valence-corrected chi connectivity index (χ2v) is 6.70. The molecule has 0 unspecified atom stereocenters. The van der Waals surface area contributed by atoms with Crippen LogP contribution in [0.2, 0.25) is 0 Å². The van der Waals surface area contributed by atoms with Gasteiger partial charge in [-0.2, -0.15) is 0 Å². The van der Waals surface area contributed by atoms with E-state index in [1.807, 2.05) is 12.1 Å². The molecule has 0 aliphatic rings. The normalized spacial score (nSPS) is 11.2. The monoisotopic (exact) mass is 375 g/mol. The Balaban J connectivity index is 1.97. The van der Waals surface area contributed by atoms with E-state index >= 15 is 0 Å². The molecule has 2 nitrogen and oxygen atoms in total. The van der Waals surface area contributed by atoms with Crippen molar-refractivity contribution < 1.29 is 9.18 Å². The highest BCUT2D eigenvalue weighted by Crippen LogP contribution is 2.19.